The van der Waals surface area contributed by atoms with Gasteiger partial charge in [-0.05, 0) is 36.7 Å². The molecule has 1 aliphatic rings. The highest BCUT2D eigenvalue weighted by molar-refractivity contribution is 7.98. The molecule has 0 aromatic heterocycles. The molecule has 1 saturated heterocycles. The third-order valence-corrected chi connectivity index (χ3v) is 4.96. The van der Waals surface area contributed by atoms with Crippen molar-refractivity contribution in [2.24, 2.45) is 0 Å². The van der Waals surface area contributed by atoms with E-state index in [4.69, 9.17) is 17.3 Å². The molecule has 0 bridgehead atoms. The van der Waals surface area contributed by atoms with Gasteiger partial charge < -0.3 is 15.3 Å². The molecule has 28 heavy (non-hydrogen) atoms. The average molecular weight is 427 g/mol. The molecule has 0 saturated carbocycles. The van der Waals surface area contributed by atoms with E-state index in [-0.39, 0.29) is 29.8 Å². The summed E-state index contributed by atoms with van der Waals surface area (Å²) < 4.78 is 2.46. The average Bonchev–Trinajstić information content (AvgIpc) is 2.91. The second-order valence-corrected chi connectivity index (χ2v) is 6.83. The van der Waals surface area contributed by atoms with Crippen molar-refractivity contribution < 1.29 is 24.4 Å². The zero-order valence-corrected chi connectivity index (χ0v) is 16.1. The van der Waals surface area contributed by atoms with Crippen LogP contribution in [0.3, 0.4) is 0 Å². The summed E-state index contributed by atoms with van der Waals surface area (Å²) in [5.41, 5.74) is -0.106. The number of benzene rings is 1. The molecule has 0 radical (unpaired) electrons. The number of hydrogen-bond acceptors (Lipinski definition) is 7. The molecule has 1 fully saturated rings. The van der Waals surface area contributed by atoms with E-state index >= 15 is 0 Å². The van der Waals surface area contributed by atoms with E-state index in [0.717, 1.165) is 16.8 Å². The lowest BCUT2D eigenvalue weighted by molar-refractivity contribution is -0.387. The number of nitrogens with one attached hydrogen (secondary N) is 2. The van der Waals surface area contributed by atoms with E-state index < -0.39 is 23.5 Å². The number of aliphatic carboxylic acids is 1. The van der Waals surface area contributed by atoms with Gasteiger partial charge in [-0.15, -0.1) is 0 Å². The maximum Gasteiger partial charge on any atom is 0.325 e. The first-order chi connectivity index (χ1) is 13.3. The molecule has 1 aliphatic heterocycles. The lowest BCUT2D eigenvalue weighted by Gasteiger charge is -2.19. The highest BCUT2D eigenvalue weighted by Gasteiger charge is 2.33. The quantitative estimate of drug-likeness (QED) is 0.171. The van der Waals surface area contributed by atoms with Gasteiger partial charge in [-0.2, -0.15) is 0 Å². The van der Waals surface area contributed by atoms with E-state index in [2.05, 4.69) is 10.0 Å². The van der Waals surface area contributed by atoms with Crippen LogP contribution in [-0.2, 0) is 9.59 Å². The minimum Gasteiger partial charge on any atom is -0.480 e. The Morgan fingerprint density at radius 3 is 2.75 bits per heavy atom. The number of hydrogen-bond donors (Lipinski definition) is 3. The normalized spacial score (nSPS) is 13.6. The van der Waals surface area contributed by atoms with E-state index in [1.54, 1.807) is 11.0 Å². The molecule has 11 nitrogen and oxygen atoms in total. The molecule has 0 unspecified atom stereocenters. The first-order valence-corrected chi connectivity index (χ1v) is 9.27. The Labute approximate surface area is 169 Å². The maximum atomic E-state index is 11.8. The molecular formula is C15H17N5O6S2. The smallest absolute Gasteiger partial charge is 0.325 e. The highest BCUT2D eigenvalue weighted by atomic mass is 32.2. The number of carboxylic acid groups (broad SMARTS) is 1. The number of nitro groups is 1. The number of rotatable bonds is 9. The van der Waals surface area contributed by atoms with Crippen LogP contribution in [0, 0.1) is 10.1 Å². The SMILES string of the molecule is O=C(O)CN1C(=O)CN(CCCNC(=O)NSc2ccccc2[N+](=O)[O-])C1=S. The van der Waals surface area contributed by atoms with Crippen LogP contribution in [0.5, 0.6) is 0 Å². The van der Waals surface area contributed by atoms with Gasteiger partial charge in [0.05, 0.1) is 11.5 Å². The molecule has 1 heterocycles. The van der Waals surface area contributed by atoms with Crippen molar-refractivity contribution >= 4 is 52.9 Å². The van der Waals surface area contributed by atoms with Crippen molar-refractivity contribution in [3.63, 3.8) is 0 Å². The fourth-order valence-corrected chi connectivity index (χ4v) is 3.35. The Bertz CT molecular complexity index is 805. The first kappa shape index (κ1) is 21.4. The van der Waals surface area contributed by atoms with Crippen molar-refractivity contribution in [2.45, 2.75) is 11.3 Å². The summed E-state index contributed by atoms with van der Waals surface area (Å²) in [4.78, 5) is 47.6. The molecule has 150 valence electrons. The van der Waals surface area contributed by atoms with Crippen molar-refractivity contribution in [1.82, 2.24) is 19.8 Å². The summed E-state index contributed by atoms with van der Waals surface area (Å²) in [5.74, 6) is -1.52. The number of carbonyl (C=O) groups is 3. The summed E-state index contributed by atoms with van der Waals surface area (Å²) in [6.07, 6.45) is 0.470. The zero-order valence-electron chi connectivity index (χ0n) is 14.5. The predicted octanol–water partition coefficient (Wildman–Crippen LogP) is 0.805. The van der Waals surface area contributed by atoms with Gasteiger partial charge in [0, 0.05) is 19.2 Å². The zero-order chi connectivity index (χ0) is 20.7. The van der Waals surface area contributed by atoms with Crippen LogP contribution in [0.4, 0.5) is 10.5 Å². The van der Waals surface area contributed by atoms with Gasteiger partial charge in [0.15, 0.2) is 5.11 Å². The summed E-state index contributed by atoms with van der Waals surface area (Å²) in [6, 6.07) is 5.51. The van der Waals surface area contributed by atoms with Crippen LogP contribution in [-0.4, -0.2) is 69.0 Å². The molecule has 0 spiro atoms. The van der Waals surface area contributed by atoms with Crippen LogP contribution in [0.15, 0.2) is 29.2 Å². The molecule has 3 N–H and O–H groups in total. The standard InChI is InChI=1S/C15H17N5O6S2/c21-12-8-18(15(27)19(12)9-13(22)23)7-3-6-16-14(24)17-28-11-5-2-1-4-10(11)20(25)26/h1-2,4-5H,3,6-9H2,(H,22,23)(H2,16,17,24). The van der Waals surface area contributed by atoms with Gasteiger partial charge >= 0.3 is 12.0 Å². The molecule has 2 rings (SSSR count). The van der Waals surface area contributed by atoms with E-state index in [9.17, 15) is 24.5 Å². The van der Waals surface area contributed by atoms with E-state index in [1.807, 2.05) is 0 Å². The molecule has 1 aromatic carbocycles. The summed E-state index contributed by atoms with van der Waals surface area (Å²) >= 11 is 5.93. The van der Waals surface area contributed by atoms with Crippen molar-refractivity contribution in [2.75, 3.05) is 26.2 Å². The Balaban J connectivity index is 1.71. The fourth-order valence-electron chi connectivity index (χ4n) is 2.36. The van der Waals surface area contributed by atoms with Gasteiger partial charge in [0.1, 0.15) is 11.4 Å². The van der Waals surface area contributed by atoms with Crippen molar-refractivity contribution in [1.29, 1.82) is 0 Å². The monoisotopic (exact) mass is 427 g/mol. The van der Waals surface area contributed by atoms with Gasteiger partial charge in [0.25, 0.3) is 5.69 Å². The van der Waals surface area contributed by atoms with Gasteiger partial charge in [-0.3, -0.25) is 29.3 Å². The van der Waals surface area contributed by atoms with Gasteiger partial charge in [-0.25, -0.2) is 4.79 Å². The van der Waals surface area contributed by atoms with Crippen molar-refractivity contribution in [3.8, 4) is 0 Å². The Hall–Kier alpha value is -2.93. The summed E-state index contributed by atoms with van der Waals surface area (Å²) in [7, 11) is 0. The lowest BCUT2D eigenvalue weighted by Crippen LogP contribution is -2.38. The third-order valence-electron chi connectivity index (χ3n) is 3.63. The minimum absolute atomic E-state index is 0.00579. The number of amides is 3. The number of thiocarbonyl (C=S) groups is 1. The number of urea groups is 1. The third kappa shape index (κ3) is 5.79. The number of carbonyl (C=O) groups excluding carboxylic acids is 2. The van der Waals surface area contributed by atoms with E-state index in [1.165, 1.54) is 18.2 Å². The Kier molecular flexibility index (Phi) is 7.52. The largest absolute Gasteiger partial charge is 0.480 e. The number of carboxylic acids is 1. The van der Waals surface area contributed by atoms with Crippen LogP contribution >= 0.6 is 24.2 Å². The van der Waals surface area contributed by atoms with Crippen LogP contribution in [0.25, 0.3) is 0 Å². The Morgan fingerprint density at radius 2 is 2.07 bits per heavy atom. The number of nitrogens with zero attached hydrogens (tertiary/aromatic N) is 3. The second-order valence-electron chi connectivity index (χ2n) is 5.62. The lowest BCUT2D eigenvalue weighted by atomic mass is 10.3. The van der Waals surface area contributed by atoms with Gasteiger partial charge in [-0.1, -0.05) is 12.1 Å². The summed E-state index contributed by atoms with van der Waals surface area (Å²) in [6.45, 7) is 0.178. The van der Waals surface area contributed by atoms with E-state index in [0.29, 0.717) is 17.9 Å². The molecule has 3 amide bonds. The maximum absolute atomic E-state index is 11.8. The Morgan fingerprint density at radius 1 is 1.36 bits per heavy atom. The van der Waals surface area contributed by atoms with Crippen LogP contribution in [0.2, 0.25) is 0 Å². The van der Waals surface area contributed by atoms with Crippen molar-refractivity contribution in [3.05, 3.63) is 34.4 Å². The number of nitro benzene ring substituents is 1. The molecule has 0 atom stereocenters. The second kappa shape index (κ2) is 9.85. The first-order valence-electron chi connectivity index (χ1n) is 8.04. The molecule has 1 aromatic rings. The predicted molar refractivity (Wildman–Crippen MR) is 104 cm³/mol. The molecular weight excluding hydrogens is 410 g/mol. The minimum atomic E-state index is -1.15. The van der Waals surface area contributed by atoms with Crippen LogP contribution in [0.1, 0.15) is 6.42 Å². The highest BCUT2D eigenvalue weighted by Crippen LogP contribution is 2.26. The van der Waals surface area contributed by atoms with Gasteiger partial charge in [0.2, 0.25) is 5.91 Å². The topological polar surface area (TPSA) is 145 Å². The van der Waals surface area contributed by atoms with Crippen LogP contribution < -0.4 is 10.0 Å². The fraction of sp³-hybridized carbons (Fsp3) is 0.333. The summed E-state index contributed by atoms with van der Waals surface area (Å²) in [5, 5.41) is 22.5. The molecule has 0 aliphatic carbocycles. The molecule has 13 heteroatoms. The number of para-hydroxylation sites is 1.